The molecule has 118 valence electrons. The Bertz CT molecular complexity index is 722. The number of benzene rings is 1. The van der Waals surface area contributed by atoms with Crippen LogP contribution in [0.15, 0.2) is 29.1 Å². The van der Waals surface area contributed by atoms with Crippen LogP contribution in [0.5, 0.6) is 5.75 Å². The van der Waals surface area contributed by atoms with Gasteiger partial charge in [0.15, 0.2) is 0 Å². The molecule has 2 N–H and O–H groups in total. The van der Waals surface area contributed by atoms with Gasteiger partial charge in [0.2, 0.25) is 0 Å². The van der Waals surface area contributed by atoms with Gasteiger partial charge in [0.25, 0.3) is 5.56 Å². The average molecular weight is 301 g/mol. The Morgan fingerprint density at radius 3 is 2.77 bits per heavy atom. The van der Waals surface area contributed by atoms with Crippen LogP contribution in [-0.2, 0) is 6.54 Å². The summed E-state index contributed by atoms with van der Waals surface area (Å²) in [5, 5.41) is 17.6. The molecule has 1 atom stereocenters. The van der Waals surface area contributed by atoms with Crippen molar-refractivity contribution < 1.29 is 5.11 Å². The van der Waals surface area contributed by atoms with E-state index in [2.05, 4.69) is 24.3 Å². The fraction of sp³-hybridized carbons (Fsp3) is 0.412. The third-order valence-corrected chi connectivity index (χ3v) is 4.02. The predicted octanol–water partition coefficient (Wildman–Crippen LogP) is 2.44. The fourth-order valence-electron chi connectivity index (χ4n) is 2.16. The minimum Gasteiger partial charge on any atom is -0.506 e. The molecule has 1 heterocycles. The van der Waals surface area contributed by atoms with Gasteiger partial charge in [-0.1, -0.05) is 19.1 Å². The van der Waals surface area contributed by atoms with Crippen LogP contribution in [0.1, 0.15) is 37.1 Å². The van der Waals surface area contributed by atoms with Crippen LogP contribution in [0.25, 0.3) is 5.69 Å². The Balaban J connectivity index is 2.44. The first kappa shape index (κ1) is 16.2. The van der Waals surface area contributed by atoms with Crippen LogP contribution in [0, 0.1) is 13.8 Å². The van der Waals surface area contributed by atoms with Crippen molar-refractivity contribution in [2.75, 3.05) is 0 Å². The van der Waals surface area contributed by atoms with Gasteiger partial charge in [-0.25, -0.2) is 0 Å². The minimum atomic E-state index is -0.335. The van der Waals surface area contributed by atoms with Gasteiger partial charge in [0, 0.05) is 18.7 Å². The molecule has 0 aliphatic heterocycles. The van der Waals surface area contributed by atoms with Crippen molar-refractivity contribution in [3.05, 3.63) is 51.4 Å². The number of hydrogen-bond donors (Lipinski definition) is 2. The molecule has 1 aromatic heterocycles. The van der Waals surface area contributed by atoms with E-state index in [-0.39, 0.29) is 11.3 Å². The van der Waals surface area contributed by atoms with Gasteiger partial charge in [0.1, 0.15) is 11.4 Å². The molecule has 0 saturated carbocycles. The minimum absolute atomic E-state index is 0.0673. The Morgan fingerprint density at radius 2 is 2.09 bits per heavy atom. The van der Waals surface area contributed by atoms with Gasteiger partial charge < -0.3 is 10.4 Å². The molecular formula is C17H23N3O2. The van der Waals surface area contributed by atoms with E-state index in [1.54, 1.807) is 0 Å². The average Bonchev–Trinajstić information content (AvgIpc) is 2.49. The number of nitrogens with one attached hydrogen (secondary N) is 1. The Labute approximate surface area is 130 Å². The Kier molecular flexibility index (Phi) is 4.98. The molecule has 1 aromatic carbocycles. The first-order valence-electron chi connectivity index (χ1n) is 7.56. The molecule has 0 aliphatic rings. The molecule has 0 bridgehead atoms. The summed E-state index contributed by atoms with van der Waals surface area (Å²) in [5.41, 5.74) is 2.98. The lowest BCUT2D eigenvalue weighted by Gasteiger charge is -2.14. The molecule has 0 saturated heterocycles. The maximum atomic E-state index is 12.2. The highest BCUT2D eigenvalue weighted by Crippen LogP contribution is 2.17. The van der Waals surface area contributed by atoms with Crippen LogP contribution in [0.2, 0.25) is 0 Å². The normalized spacial score (nSPS) is 12.4. The van der Waals surface area contributed by atoms with Crippen molar-refractivity contribution >= 4 is 0 Å². The zero-order valence-electron chi connectivity index (χ0n) is 13.6. The Morgan fingerprint density at radius 1 is 1.36 bits per heavy atom. The molecule has 0 fully saturated rings. The number of aromatic hydroxyl groups is 1. The summed E-state index contributed by atoms with van der Waals surface area (Å²) < 4.78 is 1.36. The predicted molar refractivity (Wildman–Crippen MR) is 87.6 cm³/mol. The first-order chi connectivity index (χ1) is 10.4. The summed E-state index contributed by atoms with van der Waals surface area (Å²) in [6.45, 7) is 8.53. The number of aryl methyl sites for hydroxylation is 1. The van der Waals surface area contributed by atoms with Crippen LogP contribution in [-0.4, -0.2) is 20.9 Å². The number of aromatic nitrogens is 2. The summed E-state index contributed by atoms with van der Waals surface area (Å²) in [7, 11) is 0. The maximum Gasteiger partial charge on any atom is 0.275 e. The summed E-state index contributed by atoms with van der Waals surface area (Å²) in [4.78, 5) is 12.2. The van der Waals surface area contributed by atoms with E-state index in [1.807, 2.05) is 32.0 Å². The van der Waals surface area contributed by atoms with Gasteiger partial charge in [0.05, 0.1) is 5.69 Å². The topological polar surface area (TPSA) is 67.2 Å². The first-order valence-corrected chi connectivity index (χ1v) is 7.56. The lowest BCUT2D eigenvalue weighted by Crippen LogP contribution is -2.28. The molecule has 0 aliphatic carbocycles. The highest BCUT2D eigenvalue weighted by molar-refractivity contribution is 5.44. The zero-order chi connectivity index (χ0) is 16.3. The van der Waals surface area contributed by atoms with Crippen molar-refractivity contribution in [1.29, 1.82) is 0 Å². The Hall–Kier alpha value is -2.14. The second-order valence-corrected chi connectivity index (χ2v) is 5.64. The zero-order valence-corrected chi connectivity index (χ0v) is 13.6. The largest absolute Gasteiger partial charge is 0.506 e. The molecule has 5 nitrogen and oxygen atoms in total. The molecule has 1 unspecified atom stereocenters. The quantitative estimate of drug-likeness (QED) is 0.890. The van der Waals surface area contributed by atoms with E-state index < -0.39 is 0 Å². The van der Waals surface area contributed by atoms with Crippen molar-refractivity contribution in [2.45, 2.75) is 46.7 Å². The van der Waals surface area contributed by atoms with Crippen molar-refractivity contribution in [2.24, 2.45) is 0 Å². The SMILES string of the molecule is CCC(C)NCc1nn(-c2cccc(C)c2C)c(=O)cc1O. The number of hydrogen-bond acceptors (Lipinski definition) is 4. The molecule has 0 spiro atoms. The van der Waals surface area contributed by atoms with E-state index in [0.717, 1.165) is 23.2 Å². The summed E-state index contributed by atoms with van der Waals surface area (Å²) in [6, 6.07) is 7.30. The van der Waals surface area contributed by atoms with Gasteiger partial charge in [-0.2, -0.15) is 9.78 Å². The maximum absolute atomic E-state index is 12.2. The van der Waals surface area contributed by atoms with Gasteiger partial charge >= 0.3 is 0 Å². The van der Waals surface area contributed by atoms with Crippen LogP contribution < -0.4 is 10.9 Å². The molecule has 2 rings (SSSR count). The standard InChI is InChI=1S/C17H23N3O2/c1-5-12(3)18-10-14-16(21)9-17(22)20(19-14)15-8-6-7-11(2)13(15)4/h6-9,12,18,21H,5,10H2,1-4H3. The van der Waals surface area contributed by atoms with E-state index in [0.29, 0.717) is 18.3 Å². The summed E-state index contributed by atoms with van der Waals surface area (Å²) in [6.07, 6.45) is 0.984. The lowest BCUT2D eigenvalue weighted by atomic mass is 10.1. The van der Waals surface area contributed by atoms with Gasteiger partial charge in [-0.15, -0.1) is 0 Å². The van der Waals surface area contributed by atoms with Gasteiger partial charge in [-0.3, -0.25) is 4.79 Å². The lowest BCUT2D eigenvalue weighted by molar-refractivity contribution is 0.443. The number of rotatable bonds is 5. The fourth-order valence-corrected chi connectivity index (χ4v) is 2.16. The molecule has 0 radical (unpaired) electrons. The van der Waals surface area contributed by atoms with Crippen LogP contribution in [0.3, 0.4) is 0 Å². The van der Waals surface area contributed by atoms with E-state index in [9.17, 15) is 9.90 Å². The smallest absolute Gasteiger partial charge is 0.275 e. The molecule has 22 heavy (non-hydrogen) atoms. The second-order valence-electron chi connectivity index (χ2n) is 5.64. The van der Waals surface area contributed by atoms with E-state index in [4.69, 9.17) is 0 Å². The number of nitrogens with zero attached hydrogens (tertiary/aromatic N) is 2. The second kappa shape index (κ2) is 6.75. The highest BCUT2D eigenvalue weighted by atomic mass is 16.3. The molecule has 2 aromatic rings. The summed E-state index contributed by atoms with van der Waals surface area (Å²) >= 11 is 0. The van der Waals surface area contributed by atoms with Gasteiger partial charge in [-0.05, 0) is 44.4 Å². The molecular weight excluding hydrogens is 278 g/mol. The van der Waals surface area contributed by atoms with Crippen molar-refractivity contribution in [3.8, 4) is 11.4 Å². The monoisotopic (exact) mass is 301 g/mol. The molecule has 0 amide bonds. The van der Waals surface area contributed by atoms with Crippen molar-refractivity contribution in [3.63, 3.8) is 0 Å². The van der Waals surface area contributed by atoms with Crippen LogP contribution in [0.4, 0.5) is 0 Å². The third-order valence-electron chi connectivity index (χ3n) is 4.02. The van der Waals surface area contributed by atoms with E-state index in [1.165, 1.54) is 10.7 Å². The highest BCUT2D eigenvalue weighted by Gasteiger charge is 2.12. The van der Waals surface area contributed by atoms with E-state index >= 15 is 0 Å². The third kappa shape index (κ3) is 3.36. The van der Waals surface area contributed by atoms with Crippen LogP contribution >= 0.6 is 0 Å². The van der Waals surface area contributed by atoms with Crippen molar-refractivity contribution in [1.82, 2.24) is 15.1 Å². The molecule has 5 heteroatoms. The summed E-state index contributed by atoms with van der Waals surface area (Å²) in [5.74, 6) is -0.0673.